The van der Waals surface area contributed by atoms with E-state index in [2.05, 4.69) is 28.2 Å². The number of fused-ring (bicyclic) bond motifs is 1. The fraction of sp³-hybridized carbons (Fsp3) is 0.286. The predicted molar refractivity (Wildman–Crippen MR) is 76.2 cm³/mol. The first-order chi connectivity index (χ1) is 9.28. The van der Waals surface area contributed by atoms with Crippen molar-refractivity contribution in [2.45, 2.75) is 29.2 Å². The number of hydrogen-bond acceptors (Lipinski definition) is 4. The molecule has 0 spiro atoms. The molecule has 19 heavy (non-hydrogen) atoms. The third-order valence-electron chi connectivity index (χ3n) is 3.22. The SMILES string of the molecule is COc1c(Cl)ncnc1Sc1ccc2c(c1)CCC2. The Kier molecular flexibility index (Phi) is 3.62. The summed E-state index contributed by atoms with van der Waals surface area (Å²) in [5.41, 5.74) is 2.92. The van der Waals surface area contributed by atoms with E-state index in [9.17, 15) is 0 Å². The zero-order chi connectivity index (χ0) is 13.2. The fourth-order valence-electron chi connectivity index (χ4n) is 2.31. The summed E-state index contributed by atoms with van der Waals surface area (Å²) in [4.78, 5) is 9.33. The molecule has 98 valence electrons. The van der Waals surface area contributed by atoms with Gasteiger partial charge >= 0.3 is 0 Å². The minimum Gasteiger partial charge on any atom is -0.491 e. The van der Waals surface area contributed by atoms with E-state index in [1.807, 2.05) is 0 Å². The zero-order valence-electron chi connectivity index (χ0n) is 10.5. The number of benzene rings is 1. The third-order valence-corrected chi connectivity index (χ3v) is 4.46. The van der Waals surface area contributed by atoms with Crippen LogP contribution in [-0.2, 0) is 12.8 Å². The van der Waals surface area contributed by atoms with Crippen molar-refractivity contribution < 1.29 is 4.74 Å². The van der Waals surface area contributed by atoms with Crippen molar-refractivity contribution in [1.29, 1.82) is 0 Å². The van der Waals surface area contributed by atoms with Gasteiger partial charge in [0.1, 0.15) is 11.4 Å². The number of ether oxygens (including phenoxy) is 1. The molecule has 0 amide bonds. The van der Waals surface area contributed by atoms with Gasteiger partial charge in [0.05, 0.1) is 7.11 Å². The van der Waals surface area contributed by atoms with Crippen LogP contribution < -0.4 is 4.74 Å². The molecule has 1 aromatic carbocycles. The molecule has 0 atom stereocenters. The molecule has 0 unspecified atom stereocenters. The smallest absolute Gasteiger partial charge is 0.188 e. The van der Waals surface area contributed by atoms with Crippen LogP contribution in [0.25, 0.3) is 0 Å². The summed E-state index contributed by atoms with van der Waals surface area (Å²) in [6.45, 7) is 0. The summed E-state index contributed by atoms with van der Waals surface area (Å²) in [5, 5.41) is 1.10. The van der Waals surface area contributed by atoms with Gasteiger partial charge < -0.3 is 4.74 Å². The highest BCUT2D eigenvalue weighted by Crippen LogP contribution is 2.37. The summed E-state index contributed by atoms with van der Waals surface area (Å²) in [7, 11) is 1.58. The van der Waals surface area contributed by atoms with Gasteiger partial charge in [-0.2, -0.15) is 0 Å². The molecule has 0 saturated carbocycles. The largest absolute Gasteiger partial charge is 0.491 e. The second-order valence-corrected chi connectivity index (χ2v) is 5.81. The Morgan fingerprint density at radius 2 is 2.05 bits per heavy atom. The van der Waals surface area contributed by atoms with Gasteiger partial charge in [-0.15, -0.1) is 0 Å². The summed E-state index contributed by atoms with van der Waals surface area (Å²) in [6, 6.07) is 6.58. The van der Waals surface area contributed by atoms with E-state index < -0.39 is 0 Å². The molecule has 1 heterocycles. The highest BCUT2D eigenvalue weighted by molar-refractivity contribution is 7.99. The van der Waals surface area contributed by atoms with Crippen LogP contribution in [0.15, 0.2) is 34.4 Å². The molecular formula is C14H13ClN2OS. The van der Waals surface area contributed by atoms with Gasteiger partial charge in [-0.3, -0.25) is 0 Å². The maximum absolute atomic E-state index is 6.00. The summed E-state index contributed by atoms with van der Waals surface area (Å²) in [5.74, 6) is 0.537. The van der Waals surface area contributed by atoms with Gasteiger partial charge in [0.25, 0.3) is 0 Å². The average Bonchev–Trinajstić information content (AvgIpc) is 2.86. The van der Waals surface area contributed by atoms with Crippen molar-refractivity contribution in [3.63, 3.8) is 0 Å². The number of hydrogen-bond donors (Lipinski definition) is 0. The molecule has 0 aliphatic heterocycles. The van der Waals surface area contributed by atoms with E-state index in [1.165, 1.54) is 36.7 Å². The summed E-state index contributed by atoms with van der Waals surface area (Å²) in [6.07, 6.45) is 5.08. The minimum atomic E-state index is 0.348. The number of nitrogens with zero attached hydrogens (tertiary/aromatic N) is 2. The molecule has 3 nitrogen and oxygen atoms in total. The summed E-state index contributed by atoms with van der Waals surface area (Å²) >= 11 is 7.56. The van der Waals surface area contributed by atoms with Gasteiger partial charge in [-0.1, -0.05) is 29.4 Å². The first-order valence-electron chi connectivity index (χ1n) is 6.12. The molecule has 0 N–H and O–H groups in total. The molecule has 0 saturated heterocycles. The Morgan fingerprint density at radius 1 is 1.21 bits per heavy atom. The van der Waals surface area contributed by atoms with Crippen LogP contribution in [-0.4, -0.2) is 17.1 Å². The fourth-order valence-corrected chi connectivity index (χ4v) is 3.50. The van der Waals surface area contributed by atoms with Crippen LogP contribution >= 0.6 is 23.4 Å². The number of aryl methyl sites for hydroxylation is 2. The molecule has 1 aliphatic carbocycles. The maximum Gasteiger partial charge on any atom is 0.188 e. The van der Waals surface area contributed by atoms with Crippen LogP contribution in [0.2, 0.25) is 5.15 Å². The third kappa shape index (κ3) is 2.55. The molecule has 0 fully saturated rings. The highest BCUT2D eigenvalue weighted by Gasteiger charge is 2.14. The molecule has 2 aromatic rings. The summed E-state index contributed by atoms with van der Waals surface area (Å²) < 4.78 is 5.26. The quantitative estimate of drug-likeness (QED) is 0.807. The van der Waals surface area contributed by atoms with Crippen molar-refractivity contribution in [3.05, 3.63) is 40.8 Å². The predicted octanol–water partition coefficient (Wildman–Crippen LogP) is 3.78. The van der Waals surface area contributed by atoms with Gasteiger partial charge in [0, 0.05) is 4.90 Å². The Balaban J connectivity index is 1.91. The Morgan fingerprint density at radius 3 is 2.89 bits per heavy atom. The number of aromatic nitrogens is 2. The van der Waals surface area contributed by atoms with Crippen molar-refractivity contribution in [2.75, 3.05) is 7.11 Å². The van der Waals surface area contributed by atoms with Crippen molar-refractivity contribution in [2.24, 2.45) is 0 Å². The lowest BCUT2D eigenvalue weighted by atomic mass is 10.1. The van der Waals surface area contributed by atoms with Crippen molar-refractivity contribution in [3.8, 4) is 5.75 Å². The number of methoxy groups -OCH3 is 1. The maximum atomic E-state index is 6.00. The first kappa shape index (κ1) is 12.8. The minimum absolute atomic E-state index is 0.348. The van der Waals surface area contributed by atoms with Crippen LogP contribution in [0.3, 0.4) is 0 Å². The van der Waals surface area contributed by atoms with Crippen LogP contribution in [0.4, 0.5) is 0 Å². The second-order valence-electron chi connectivity index (χ2n) is 4.39. The van der Waals surface area contributed by atoms with E-state index in [-0.39, 0.29) is 0 Å². The van der Waals surface area contributed by atoms with E-state index in [0.29, 0.717) is 10.9 Å². The van der Waals surface area contributed by atoms with E-state index in [1.54, 1.807) is 18.9 Å². The highest BCUT2D eigenvalue weighted by atomic mass is 35.5. The van der Waals surface area contributed by atoms with Crippen molar-refractivity contribution >= 4 is 23.4 Å². The van der Waals surface area contributed by atoms with Gasteiger partial charge in [0.15, 0.2) is 10.9 Å². The monoisotopic (exact) mass is 292 g/mol. The van der Waals surface area contributed by atoms with Crippen LogP contribution in [0.5, 0.6) is 5.75 Å². The topological polar surface area (TPSA) is 35.0 Å². The molecule has 5 heteroatoms. The molecule has 0 radical (unpaired) electrons. The normalized spacial score (nSPS) is 13.4. The van der Waals surface area contributed by atoms with Crippen molar-refractivity contribution in [1.82, 2.24) is 9.97 Å². The van der Waals surface area contributed by atoms with E-state index in [4.69, 9.17) is 16.3 Å². The van der Waals surface area contributed by atoms with Gasteiger partial charge in [-0.25, -0.2) is 9.97 Å². The van der Waals surface area contributed by atoms with E-state index >= 15 is 0 Å². The van der Waals surface area contributed by atoms with Gasteiger partial charge in [0.2, 0.25) is 0 Å². The average molecular weight is 293 g/mol. The van der Waals surface area contributed by atoms with E-state index in [0.717, 1.165) is 9.92 Å². The lowest BCUT2D eigenvalue weighted by Gasteiger charge is -2.08. The van der Waals surface area contributed by atoms with Gasteiger partial charge in [-0.05, 0) is 42.5 Å². The zero-order valence-corrected chi connectivity index (χ0v) is 12.1. The molecular weight excluding hydrogens is 280 g/mol. The molecule has 0 bridgehead atoms. The molecule has 3 rings (SSSR count). The number of halogens is 1. The lowest BCUT2D eigenvalue weighted by Crippen LogP contribution is -1.93. The van der Waals surface area contributed by atoms with Crippen LogP contribution in [0, 0.1) is 0 Å². The molecule has 1 aliphatic rings. The lowest BCUT2D eigenvalue weighted by molar-refractivity contribution is 0.398. The number of rotatable bonds is 3. The first-order valence-corrected chi connectivity index (χ1v) is 7.31. The molecule has 1 aromatic heterocycles. The second kappa shape index (κ2) is 5.39. The Bertz CT molecular complexity index is 618. The standard InChI is InChI=1S/C14H13ClN2OS/c1-18-12-13(15)16-8-17-14(12)19-11-6-5-9-3-2-4-10(9)7-11/h5-8H,2-4H2,1H3. The Hall–Kier alpha value is -1.26. The Labute approximate surface area is 121 Å². The van der Waals surface area contributed by atoms with Crippen LogP contribution in [0.1, 0.15) is 17.5 Å².